The Morgan fingerprint density at radius 2 is 1.81 bits per heavy atom. The summed E-state index contributed by atoms with van der Waals surface area (Å²) in [4.78, 5) is 0. The average molecular weight is 294 g/mol. The second-order valence-electron chi connectivity index (χ2n) is 5.57. The van der Waals surface area contributed by atoms with Gasteiger partial charge in [0.1, 0.15) is 17.6 Å². The normalized spacial score (nSPS) is 18.0. The van der Waals surface area contributed by atoms with Crippen molar-refractivity contribution >= 4 is 0 Å². The molecule has 4 nitrogen and oxygen atoms in total. The number of aliphatic hydroxyl groups is 1. The third-order valence-corrected chi connectivity index (χ3v) is 4.09. The molecule has 0 radical (unpaired) electrons. The zero-order valence-electron chi connectivity index (χ0n) is 13.0. The van der Waals surface area contributed by atoms with Crippen molar-refractivity contribution in [2.24, 2.45) is 0 Å². The summed E-state index contributed by atoms with van der Waals surface area (Å²) in [6, 6.07) is 5.44. The summed E-state index contributed by atoms with van der Waals surface area (Å²) in [5.74, 6) is 1.35. The van der Waals surface area contributed by atoms with Crippen LogP contribution in [0.4, 0.5) is 0 Å². The molecule has 2 rings (SSSR count). The molecule has 0 spiro atoms. The van der Waals surface area contributed by atoms with Crippen molar-refractivity contribution in [3.63, 3.8) is 0 Å². The average Bonchev–Trinajstić information content (AvgIpc) is 2.80. The molecule has 1 saturated carbocycles. The molecule has 21 heavy (non-hydrogen) atoms. The van der Waals surface area contributed by atoms with Crippen molar-refractivity contribution in [2.45, 2.75) is 50.7 Å². The molecule has 0 saturated heterocycles. The molecule has 0 aliphatic heterocycles. The van der Waals surface area contributed by atoms with Crippen molar-refractivity contribution in [1.82, 2.24) is 0 Å². The van der Waals surface area contributed by atoms with Crippen LogP contribution in [0, 0.1) is 0 Å². The summed E-state index contributed by atoms with van der Waals surface area (Å²) >= 11 is 0. The number of ether oxygens (including phenoxy) is 3. The van der Waals surface area contributed by atoms with Gasteiger partial charge >= 0.3 is 0 Å². The van der Waals surface area contributed by atoms with Crippen LogP contribution in [0.15, 0.2) is 18.2 Å². The zero-order chi connectivity index (χ0) is 15.1. The Morgan fingerprint density at radius 1 is 1.10 bits per heavy atom. The maximum atomic E-state index is 10.4. The van der Waals surface area contributed by atoms with E-state index in [9.17, 15) is 5.11 Å². The first-order chi connectivity index (χ1) is 10.2. The van der Waals surface area contributed by atoms with E-state index >= 15 is 0 Å². The van der Waals surface area contributed by atoms with Gasteiger partial charge in [-0.15, -0.1) is 0 Å². The number of rotatable bonds is 6. The van der Waals surface area contributed by atoms with E-state index < -0.39 is 6.10 Å². The SMILES string of the molecule is COc1ccc(C(O)COC2CCCCCC2)c(OC)c1. The van der Waals surface area contributed by atoms with Crippen LogP contribution in [0.2, 0.25) is 0 Å². The molecule has 0 bridgehead atoms. The maximum Gasteiger partial charge on any atom is 0.128 e. The van der Waals surface area contributed by atoms with E-state index in [0.717, 1.165) is 18.4 Å². The van der Waals surface area contributed by atoms with Crippen LogP contribution in [-0.2, 0) is 4.74 Å². The number of hydrogen-bond acceptors (Lipinski definition) is 4. The molecule has 1 atom stereocenters. The molecule has 1 aliphatic carbocycles. The molecular weight excluding hydrogens is 268 g/mol. The minimum atomic E-state index is -0.672. The topological polar surface area (TPSA) is 47.9 Å². The van der Waals surface area contributed by atoms with Crippen LogP contribution >= 0.6 is 0 Å². The van der Waals surface area contributed by atoms with Gasteiger partial charge in [0.25, 0.3) is 0 Å². The molecule has 1 aromatic carbocycles. The summed E-state index contributed by atoms with van der Waals surface area (Å²) in [6.45, 7) is 0.313. The van der Waals surface area contributed by atoms with Gasteiger partial charge in [0.2, 0.25) is 0 Å². The molecule has 0 amide bonds. The molecule has 4 heteroatoms. The van der Waals surface area contributed by atoms with E-state index in [1.807, 2.05) is 12.1 Å². The number of methoxy groups -OCH3 is 2. The van der Waals surface area contributed by atoms with Crippen molar-refractivity contribution in [3.8, 4) is 11.5 Å². The van der Waals surface area contributed by atoms with Gasteiger partial charge in [0.05, 0.1) is 26.9 Å². The summed E-state index contributed by atoms with van der Waals surface area (Å²) < 4.78 is 16.4. The van der Waals surface area contributed by atoms with Crippen molar-refractivity contribution in [3.05, 3.63) is 23.8 Å². The highest BCUT2D eigenvalue weighted by Crippen LogP contribution is 2.30. The third kappa shape index (κ3) is 4.61. The van der Waals surface area contributed by atoms with Gasteiger partial charge in [-0.1, -0.05) is 25.7 Å². The van der Waals surface area contributed by atoms with Crippen molar-refractivity contribution in [2.75, 3.05) is 20.8 Å². The maximum absolute atomic E-state index is 10.4. The molecule has 1 N–H and O–H groups in total. The van der Waals surface area contributed by atoms with E-state index in [-0.39, 0.29) is 6.10 Å². The van der Waals surface area contributed by atoms with Gasteiger partial charge in [0, 0.05) is 11.6 Å². The highest BCUT2D eigenvalue weighted by molar-refractivity contribution is 5.41. The fraction of sp³-hybridized carbons (Fsp3) is 0.647. The standard InChI is InChI=1S/C17H26O4/c1-19-14-9-10-15(17(11-14)20-2)16(18)12-21-13-7-5-3-4-6-8-13/h9-11,13,16,18H,3-8,12H2,1-2H3. The zero-order valence-corrected chi connectivity index (χ0v) is 13.0. The first kappa shape index (κ1) is 16.1. The first-order valence-electron chi connectivity index (χ1n) is 7.76. The van der Waals surface area contributed by atoms with E-state index in [1.54, 1.807) is 20.3 Å². The monoisotopic (exact) mass is 294 g/mol. The van der Waals surface area contributed by atoms with Crippen LogP contribution in [0.5, 0.6) is 11.5 Å². The quantitative estimate of drug-likeness (QED) is 0.816. The van der Waals surface area contributed by atoms with E-state index in [1.165, 1.54) is 25.7 Å². The van der Waals surface area contributed by atoms with Crippen LogP contribution in [-0.4, -0.2) is 32.0 Å². The lowest BCUT2D eigenvalue weighted by Gasteiger charge is -2.20. The molecular formula is C17H26O4. The number of hydrogen-bond donors (Lipinski definition) is 1. The Morgan fingerprint density at radius 3 is 2.43 bits per heavy atom. The van der Waals surface area contributed by atoms with Crippen LogP contribution in [0.25, 0.3) is 0 Å². The minimum absolute atomic E-state index is 0.284. The Balaban J connectivity index is 1.94. The van der Waals surface area contributed by atoms with Gasteiger partial charge in [-0.05, 0) is 25.0 Å². The van der Waals surface area contributed by atoms with Crippen molar-refractivity contribution in [1.29, 1.82) is 0 Å². The van der Waals surface area contributed by atoms with Crippen LogP contribution in [0.1, 0.15) is 50.2 Å². The molecule has 1 fully saturated rings. The molecule has 118 valence electrons. The predicted octanol–water partition coefficient (Wildman–Crippen LogP) is 3.48. The fourth-order valence-electron chi connectivity index (χ4n) is 2.82. The molecule has 1 unspecified atom stereocenters. The molecule has 1 aliphatic rings. The van der Waals surface area contributed by atoms with Crippen LogP contribution < -0.4 is 9.47 Å². The fourth-order valence-corrected chi connectivity index (χ4v) is 2.82. The van der Waals surface area contributed by atoms with Gasteiger partial charge in [-0.25, -0.2) is 0 Å². The Labute approximate surface area is 127 Å². The number of aliphatic hydroxyl groups excluding tert-OH is 1. The summed E-state index contributed by atoms with van der Waals surface area (Å²) in [5, 5.41) is 10.4. The lowest BCUT2D eigenvalue weighted by molar-refractivity contribution is -0.0166. The predicted molar refractivity (Wildman–Crippen MR) is 81.9 cm³/mol. The smallest absolute Gasteiger partial charge is 0.128 e. The van der Waals surface area contributed by atoms with Crippen molar-refractivity contribution < 1.29 is 19.3 Å². The first-order valence-corrected chi connectivity index (χ1v) is 7.76. The molecule has 0 aromatic heterocycles. The van der Waals surface area contributed by atoms with Gasteiger partial charge in [-0.2, -0.15) is 0 Å². The Hall–Kier alpha value is -1.26. The third-order valence-electron chi connectivity index (χ3n) is 4.09. The van der Waals surface area contributed by atoms with Crippen LogP contribution in [0.3, 0.4) is 0 Å². The lowest BCUT2D eigenvalue weighted by Crippen LogP contribution is -2.17. The van der Waals surface area contributed by atoms with E-state index in [0.29, 0.717) is 18.1 Å². The largest absolute Gasteiger partial charge is 0.497 e. The minimum Gasteiger partial charge on any atom is -0.497 e. The van der Waals surface area contributed by atoms with Gasteiger partial charge in [0.15, 0.2) is 0 Å². The number of benzene rings is 1. The molecule has 1 aromatic rings. The van der Waals surface area contributed by atoms with Gasteiger partial charge in [-0.3, -0.25) is 0 Å². The highest BCUT2D eigenvalue weighted by atomic mass is 16.5. The summed E-state index contributed by atoms with van der Waals surface area (Å²) in [6.07, 6.45) is 6.88. The highest BCUT2D eigenvalue weighted by Gasteiger charge is 2.18. The van der Waals surface area contributed by atoms with E-state index in [2.05, 4.69) is 0 Å². The lowest BCUT2D eigenvalue weighted by atomic mass is 10.1. The Bertz CT molecular complexity index is 425. The van der Waals surface area contributed by atoms with E-state index in [4.69, 9.17) is 14.2 Å². The van der Waals surface area contributed by atoms with Gasteiger partial charge < -0.3 is 19.3 Å². The molecule has 0 heterocycles. The Kier molecular flexibility index (Phi) is 6.33. The second-order valence-corrected chi connectivity index (χ2v) is 5.57. The summed E-state index contributed by atoms with van der Waals surface area (Å²) in [5.41, 5.74) is 0.743. The second kappa shape index (κ2) is 8.25. The summed E-state index contributed by atoms with van der Waals surface area (Å²) in [7, 11) is 3.21.